The number of aromatic hydroxyl groups is 1. The van der Waals surface area contributed by atoms with E-state index in [0.717, 1.165) is 12.0 Å². The average Bonchev–Trinajstić information content (AvgIpc) is 3.34. The number of phenolic OH excluding ortho intramolecular Hbond substituents is 1. The topological polar surface area (TPSA) is 70.6 Å². The molecule has 0 saturated heterocycles. The van der Waals surface area contributed by atoms with Crippen molar-refractivity contribution in [2.24, 2.45) is 0 Å². The van der Waals surface area contributed by atoms with Crippen molar-refractivity contribution in [2.45, 2.75) is 24.9 Å². The predicted octanol–water partition coefficient (Wildman–Crippen LogP) is 2.76. The second kappa shape index (κ2) is 6.60. The number of phenols is 1. The number of methoxy groups -OCH3 is 1. The van der Waals surface area contributed by atoms with Gasteiger partial charge in [0.15, 0.2) is 11.5 Å². The zero-order chi connectivity index (χ0) is 16.2. The van der Waals surface area contributed by atoms with Gasteiger partial charge in [-0.1, -0.05) is 36.4 Å². The van der Waals surface area contributed by atoms with Gasteiger partial charge < -0.3 is 20.5 Å². The summed E-state index contributed by atoms with van der Waals surface area (Å²) in [6.45, 7) is 0.380. The van der Waals surface area contributed by atoms with Crippen LogP contribution in [0.15, 0.2) is 48.5 Å². The molecule has 3 rings (SSSR count). The summed E-state index contributed by atoms with van der Waals surface area (Å²) in [5.74, 6) is 0.899. The molecule has 1 aliphatic rings. The van der Waals surface area contributed by atoms with Crippen molar-refractivity contribution in [2.75, 3.05) is 7.11 Å². The average molecular weight is 312 g/mol. The Morgan fingerprint density at radius 1 is 1.26 bits per heavy atom. The van der Waals surface area contributed by atoms with E-state index in [-0.39, 0.29) is 17.8 Å². The van der Waals surface area contributed by atoms with Crippen LogP contribution in [-0.4, -0.2) is 24.3 Å². The Kier molecular flexibility index (Phi) is 4.37. The molecule has 5 heteroatoms. The maximum atomic E-state index is 12.0. The molecule has 0 spiro atoms. The number of hydrogen-bond donors (Lipinski definition) is 3. The van der Waals surface area contributed by atoms with Crippen LogP contribution in [0.4, 0.5) is 4.79 Å². The van der Waals surface area contributed by atoms with Crippen LogP contribution in [0.2, 0.25) is 0 Å². The molecule has 0 aromatic heterocycles. The van der Waals surface area contributed by atoms with Gasteiger partial charge in [0.1, 0.15) is 0 Å². The van der Waals surface area contributed by atoms with Crippen LogP contribution in [0.3, 0.4) is 0 Å². The highest BCUT2D eigenvalue weighted by atomic mass is 16.5. The fourth-order valence-electron chi connectivity index (χ4n) is 2.66. The van der Waals surface area contributed by atoms with E-state index in [9.17, 15) is 9.90 Å². The van der Waals surface area contributed by atoms with Gasteiger partial charge in [0.25, 0.3) is 0 Å². The molecule has 1 fully saturated rings. The van der Waals surface area contributed by atoms with E-state index in [0.29, 0.717) is 18.2 Å². The molecule has 0 bridgehead atoms. The molecule has 120 valence electrons. The molecular formula is C18H20N2O3. The van der Waals surface area contributed by atoms with E-state index in [1.54, 1.807) is 18.2 Å². The first-order valence-corrected chi connectivity index (χ1v) is 7.62. The normalized spacial score (nSPS) is 19.0. The summed E-state index contributed by atoms with van der Waals surface area (Å²) in [4.78, 5) is 12.0. The lowest BCUT2D eigenvalue weighted by atomic mass is 10.1. The third-order valence-electron chi connectivity index (χ3n) is 4.03. The van der Waals surface area contributed by atoms with E-state index < -0.39 is 0 Å². The van der Waals surface area contributed by atoms with Crippen LogP contribution < -0.4 is 15.4 Å². The third kappa shape index (κ3) is 3.74. The maximum absolute atomic E-state index is 12.0. The molecular weight excluding hydrogens is 292 g/mol. The van der Waals surface area contributed by atoms with Gasteiger partial charge in [0, 0.05) is 18.5 Å². The minimum Gasteiger partial charge on any atom is -0.504 e. The summed E-state index contributed by atoms with van der Waals surface area (Å²) in [6, 6.07) is 15.2. The summed E-state index contributed by atoms with van der Waals surface area (Å²) in [7, 11) is 1.50. The van der Waals surface area contributed by atoms with E-state index in [1.807, 2.05) is 18.2 Å². The summed E-state index contributed by atoms with van der Waals surface area (Å²) < 4.78 is 5.05. The Morgan fingerprint density at radius 2 is 2.04 bits per heavy atom. The first-order chi connectivity index (χ1) is 11.2. The summed E-state index contributed by atoms with van der Waals surface area (Å²) in [5.41, 5.74) is 2.13. The van der Waals surface area contributed by atoms with Crippen molar-refractivity contribution in [1.29, 1.82) is 0 Å². The smallest absolute Gasteiger partial charge is 0.315 e. The van der Waals surface area contributed by atoms with Crippen LogP contribution in [0.5, 0.6) is 11.5 Å². The molecule has 0 aliphatic heterocycles. The highest BCUT2D eigenvalue weighted by Crippen LogP contribution is 2.40. The number of nitrogens with one attached hydrogen (secondary N) is 2. The van der Waals surface area contributed by atoms with Crippen molar-refractivity contribution in [3.8, 4) is 11.5 Å². The van der Waals surface area contributed by atoms with Crippen LogP contribution >= 0.6 is 0 Å². The third-order valence-corrected chi connectivity index (χ3v) is 4.03. The Balaban J connectivity index is 1.48. The SMILES string of the molecule is COc1cc(CNC(=O)NC2CC2c2ccccc2)ccc1O. The van der Waals surface area contributed by atoms with Gasteiger partial charge >= 0.3 is 6.03 Å². The fraction of sp³-hybridized carbons (Fsp3) is 0.278. The van der Waals surface area contributed by atoms with Gasteiger partial charge in [-0.25, -0.2) is 4.79 Å². The maximum Gasteiger partial charge on any atom is 0.315 e. The van der Waals surface area contributed by atoms with Gasteiger partial charge in [-0.05, 0) is 29.7 Å². The van der Waals surface area contributed by atoms with Gasteiger partial charge in [-0.15, -0.1) is 0 Å². The van der Waals surface area contributed by atoms with E-state index in [2.05, 4.69) is 22.8 Å². The van der Waals surface area contributed by atoms with Crippen LogP contribution in [0, 0.1) is 0 Å². The summed E-state index contributed by atoms with van der Waals surface area (Å²) >= 11 is 0. The monoisotopic (exact) mass is 312 g/mol. The molecule has 2 unspecified atom stereocenters. The molecule has 0 radical (unpaired) electrons. The molecule has 2 amide bonds. The summed E-state index contributed by atoms with van der Waals surface area (Å²) in [6.07, 6.45) is 0.977. The largest absolute Gasteiger partial charge is 0.504 e. The lowest BCUT2D eigenvalue weighted by Crippen LogP contribution is -2.36. The standard InChI is InChI=1S/C18H20N2O3/c1-23-17-9-12(7-8-16(17)21)11-19-18(22)20-15-10-14(15)13-5-3-2-4-6-13/h2-9,14-15,21H,10-11H2,1H3,(H2,19,20,22). The molecule has 2 atom stereocenters. The van der Waals surface area contributed by atoms with Crippen LogP contribution in [0.25, 0.3) is 0 Å². The van der Waals surface area contributed by atoms with Gasteiger partial charge in [-0.2, -0.15) is 0 Å². The highest BCUT2D eigenvalue weighted by Gasteiger charge is 2.39. The number of ether oxygens (including phenoxy) is 1. The second-order valence-electron chi connectivity index (χ2n) is 5.69. The van der Waals surface area contributed by atoms with Crippen molar-refractivity contribution in [3.63, 3.8) is 0 Å². The Hall–Kier alpha value is -2.69. The molecule has 0 heterocycles. The number of benzene rings is 2. The van der Waals surface area contributed by atoms with Crippen molar-refractivity contribution in [3.05, 3.63) is 59.7 Å². The summed E-state index contributed by atoms with van der Waals surface area (Å²) in [5, 5.41) is 15.4. The number of hydrogen-bond acceptors (Lipinski definition) is 3. The minimum absolute atomic E-state index is 0.0874. The Morgan fingerprint density at radius 3 is 2.78 bits per heavy atom. The van der Waals surface area contributed by atoms with Crippen molar-refractivity contribution in [1.82, 2.24) is 10.6 Å². The number of amides is 2. The molecule has 2 aromatic carbocycles. The molecule has 2 aromatic rings. The predicted molar refractivity (Wildman–Crippen MR) is 87.6 cm³/mol. The quantitative estimate of drug-likeness (QED) is 0.795. The first kappa shape index (κ1) is 15.2. The fourth-order valence-corrected chi connectivity index (χ4v) is 2.66. The number of carbonyl (C=O) groups excluding carboxylic acids is 1. The molecule has 23 heavy (non-hydrogen) atoms. The molecule has 1 saturated carbocycles. The van der Waals surface area contributed by atoms with Crippen molar-refractivity contribution < 1.29 is 14.6 Å². The van der Waals surface area contributed by atoms with Crippen LogP contribution in [0.1, 0.15) is 23.5 Å². The molecule has 5 nitrogen and oxygen atoms in total. The van der Waals surface area contributed by atoms with Crippen molar-refractivity contribution >= 4 is 6.03 Å². The lowest BCUT2D eigenvalue weighted by molar-refractivity contribution is 0.240. The number of carbonyl (C=O) groups is 1. The molecule has 1 aliphatic carbocycles. The first-order valence-electron chi connectivity index (χ1n) is 7.62. The lowest BCUT2D eigenvalue weighted by Gasteiger charge is -2.09. The van der Waals surface area contributed by atoms with Crippen LogP contribution in [-0.2, 0) is 6.54 Å². The van der Waals surface area contributed by atoms with E-state index in [4.69, 9.17) is 4.74 Å². The number of urea groups is 1. The Labute approximate surface area is 135 Å². The highest BCUT2D eigenvalue weighted by molar-refractivity contribution is 5.75. The minimum atomic E-state index is -0.180. The second-order valence-corrected chi connectivity index (χ2v) is 5.69. The van der Waals surface area contributed by atoms with E-state index >= 15 is 0 Å². The zero-order valence-corrected chi connectivity index (χ0v) is 13.0. The van der Waals surface area contributed by atoms with E-state index in [1.165, 1.54) is 12.7 Å². The van der Waals surface area contributed by atoms with Gasteiger partial charge in [0.05, 0.1) is 7.11 Å². The Bertz CT molecular complexity index is 688. The number of rotatable bonds is 5. The zero-order valence-electron chi connectivity index (χ0n) is 13.0. The van der Waals surface area contributed by atoms with Gasteiger partial charge in [-0.3, -0.25) is 0 Å². The molecule has 3 N–H and O–H groups in total. The van der Waals surface area contributed by atoms with Gasteiger partial charge in [0.2, 0.25) is 0 Å².